The first-order chi connectivity index (χ1) is 24.3. The number of hydrogen-bond acceptors (Lipinski definition) is 7. The van der Waals surface area contributed by atoms with Crippen LogP contribution in [-0.4, -0.2) is 56.1 Å². The second-order valence-corrected chi connectivity index (χ2v) is 13.1. The molecule has 10 nitrogen and oxygen atoms in total. The van der Waals surface area contributed by atoms with Gasteiger partial charge in [0.15, 0.2) is 0 Å². The van der Waals surface area contributed by atoms with E-state index in [4.69, 9.17) is 21.1 Å². The van der Waals surface area contributed by atoms with Gasteiger partial charge in [-0.1, -0.05) is 23.7 Å². The summed E-state index contributed by atoms with van der Waals surface area (Å²) in [6.07, 6.45) is 7.52. The number of amides is 2. The van der Waals surface area contributed by atoms with Crippen molar-refractivity contribution in [1.82, 2.24) is 19.4 Å². The molecular weight excluding hydrogens is 654 g/mol. The zero-order chi connectivity index (χ0) is 34.8. The van der Waals surface area contributed by atoms with Gasteiger partial charge in [-0.15, -0.1) is 0 Å². The van der Waals surface area contributed by atoms with Gasteiger partial charge in [0.1, 0.15) is 11.5 Å². The normalized spacial score (nSPS) is 15.6. The number of ether oxygens (including phenoxy) is 2. The molecular formula is C39H38ClN5O5. The number of benzene rings is 3. The predicted molar refractivity (Wildman–Crippen MR) is 192 cm³/mol. The molecule has 0 saturated carbocycles. The molecule has 10 rings (SSSR count). The van der Waals surface area contributed by atoms with Crippen molar-refractivity contribution in [3.05, 3.63) is 112 Å². The SMILES string of the molecule is Cc1c2cc(n1C)-c1cc(Cl)ccc1C(=O)N1CCc3c(cccc3OCCCCCCOc3ncc(cn3)N(c3ccc(O)cc3)C2=O)C1. The highest BCUT2D eigenvalue weighted by molar-refractivity contribution is 6.31. The predicted octanol–water partition coefficient (Wildman–Crippen LogP) is 7.66. The van der Waals surface area contributed by atoms with E-state index in [0.717, 1.165) is 42.6 Å². The molecule has 0 fully saturated rings. The summed E-state index contributed by atoms with van der Waals surface area (Å²) >= 11 is 6.55. The third-order valence-electron chi connectivity index (χ3n) is 9.48. The van der Waals surface area contributed by atoms with E-state index in [9.17, 15) is 14.7 Å². The molecule has 3 aromatic carbocycles. The first-order valence-electron chi connectivity index (χ1n) is 16.9. The number of halogens is 1. The lowest BCUT2D eigenvalue weighted by atomic mass is 9.96. The van der Waals surface area contributed by atoms with Crippen LogP contribution in [0.5, 0.6) is 17.5 Å². The van der Waals surface area contributed by atoms with E-state index in [2.05, 4.69) is 16.0 Å². The zero-order valence-electron chi connectivity index (χ0n) is 28.1. The van der Waals surface area contributed by atoms with Crippen molar-refractivity contribution in [2.24, 2.45) is 7.05 Å². The van der Waals surface area contributed by atoms with Gasteiger partial charge >= 0.3 is 6.01 Å². The van der Waals surface area contributed by atoms with Crippen molar-refractivity contribution < 1.29 is 24.2 Å². The summed E-state index contributed by atoms with van der Waals surface area (Å²) in [7, 11) is 1.87. The Hall–Kier alpha value is -5.35. The van der Waals surface area contributed by atoms with E-state index in [1.807, 2.05) is 35.6 Å². The molecule has 2 amide bonds. The number of phenolic OH excluding ortho intramolecular Hbond substituents is 1. The number of anilines is 2. The van der Waals surface area contributed by atoms with Gasteiger partial charge in [0, 0.05) is 58.9 Å². The first-order valence-corrected chi connectivity index (χ1v) is 17.2. The van der Waals surface area contributed by atoms with Crippen LogP contribution < -0.4 is 14.4 Å². The van der Waals surface area contributed by atoms with Crippen molar-refractivity contribution in [3.63, 3.8) is 0 Å². The number of aromatic nitrogens is 3. The lowest BCUT2D eigenvalue weighted by molar-refractivity contribution is 0.0734. The average molecular weight is 692 g/mol. The number of aromatic hydroxyl groups is 1. The Morgan fingerprint density at radius 2 is 1.54 bits per heavy atom. The maximum Gasteiger partial charge on any atom is 0.316 e. The molecule has 50 heavy (non-hydrogen) atoms. The molecule has 5 aliphatic rings. The summed E-state index contributed by atoms with van der Waals surface area (Å²) in [5.41, 5.74) is 6.06. The summed E-state index contributed by atoms with van der Waals surface area (Å²) < 4.78 is 14.0. The monoisotopic (exact) mass is 691 g/mol. The number of hydrogen-bond donors (Lipinski definition) is 1. The largest absolute Gasteiger partial charge is 0.508 e. The number of phenols is 1. The Balaban J connectivity index is 1.31. The molecule has 256 valence electrons. The van der Waals surface area contributed by atoms with Gasteiger partial charge in [-0.25, -0.2) is 9.97 Å². The van der Waals surface area contributed by atoms with Gasteiger partial charge < -0.3 is 24.0 Å². The van der Waals surface area contributed by atoms with Crippen LogP contribution in [0, 0.1) is 6.92 Å². The van der Waals surface area contributed by atoms with E-state index in [1.165, 1.54) is 17.0 Å². The van der Waals surface area contributed by atoms with E-state index in [1.54, 1.807) is 48.8 Å². The highest BCUT2D eigenvalue weighted by Crippen LogP contribution is 2.36. The van der Waals surface area contributed by atoms with Crippen molar-refractivity contribution in [2.75, 3.05) is 24.7 Å². The fourth-order valence-electron chi connectivity index (χ4n) is 6.65. The second-order valence-electron chi connectivity index (χ2n) is 12.6. The van der Waals surface area contributed by atoms with Crippen LogP contribution in [0.4, 0.5) is 11.4 Å². The number of rotatable bonds is 1. The van der Waals surface area contributed by atoms with Crippen LogP contribution in [0.3, 0.4) is 0 Å². The van der Waals surface area contributed by atoms with Gasteiger partial charge in [-0.05, 0) is 99.2 Å². The van der Waals surface area contributed by atoms with E-state index in [-0.39, 0.29) is 23.6 Å². The maximum atomic E-state index is 14.5. The first kappa shape index (κ1) is 33.2. The highest BCUT2D eigenvalue weighted by Gasteiger charge is 2.29. The quantitative estimate of drug-likeness (QED) is 0.192. The van der Waals surface area contributed by atoms with Crippen LogP contribution in [0.1, 0.15) is 63.2 Å². The molecule has 2 aromatic heterocycles. The van der Waals surface area contributed by atoms with Crippen LogP contribution in [-0.2, 0) is 20.0 Å². The van der Waals surface area contributed by atoms with Crippen LogP contribution in [0.15, 0.2) is 79.1 Å². The van der Waals surface area contributed by atoms with E-state index >= 15 is 0 Å². The summed E-state index contributed by atoms with van der Waals surface area (Å²) in [4.78, 5) is 41.0. The molecule has 0 unspecified atom stereocenters. The molecule has 0 atom stereocenters. The van der Waals surface area contributed by atoms with Gasteiger partial charge in [0.2, 0.25) is 0 Å². The summed E-state index contributed by atoms with van der Waals surface area (Å²) in [6, 6.07) is 19.7. The molecule has 5 aliphatic heterocycles. The Labute approximate surface area is 295 Å². The third kappa shape index (κ3) is 6.63. The molecule has 0 aliphatic carbocycles. The summed E-state index contributed by atoms with van der Waals surface area (Å²) in [5.74, 6) is 0.507. The van der Waals surface area contributed by atoms with Gasteiger partial charge in [-0.3, -0.25) is 14.5 Å². The molecule has 0 spiro atoms. The average Bonchev–Trinajstić information content (AvgIpc) is 3.43. The molecule has 7 heterocycles. The summed E-state index contributed by atoms with van der Waals surface area (Å²) in [6.45, 7) is 3.96. The standard InChI is InChI=1S/C39H38ClN5O5/c1-25-33-21-35(43(25)2)34-20-27(40)10-15-32(34)37(47)44-17-16-31-26(24-44)8-7-9-36(31)49-18-5-3-4-6-19-50-39-41-22-29(23-42-39)45(38(33)48)28-11-13-30(46)14-12-28/h7-15,20-23,46H,3-6,16-19,24H2,1-2H3. The number of carbonyl (C=O) groups is 2. The van der Waals surface area contributed by atoms with Crippen LogP contribution in [0.2, 0.25) is 5.02 Å². The van der Waals surface area contributed by atoms with Gasteiger partial charge in [0.25, 0.3) is 11.8 Å². The van der Waals surface area contributed by atoms with Crippen molar-refractivity contribution in [1.29, 1.82) is 0 Å². The Kier molecular flexibility index (Phi) is 9.45. The lowest BCUT2D eigenvalue weighted by Gasteiger charge is -2.30. The van der Waals surface area contributed by atoms with Gasteiger partial charge in [-0.2, -0.15) is 0 Å². The topological polar surface area (TPSA) is 110 Å². The fraction of sp³-hybridized carbons (Fsp3) is 0.282. The van der Waals surface area contributed by atoms with E-state index < -0.39 is 0 Å². The maximum absolute atomic E-state index is 14.5. The zero-order valence-corrected chi connectivity index (χ0v) is 28.8. The third-order valence-corrected chi connectivity index (χ3v) is 9.71. The molecule has 0 radical (unpaired) electrons. The Morgan fingerprint density at radius 3 is 2.30 bits per heavy atom. The van der Waals surface area contributed by atoms with Crippen molar-refractivity contribution >= 4 is 34.8 Å². The summed E-state index contributed by atoms with van der Waals surface area (Å²) in [5, 5.41) is 10.5. The minimum Gasteiger partial charge on any atom is -0.508 e. The molecule has 8 bridgehead atoms. The Morgan fingerprint density at radius 1 is 0.800 bits per heavy atom. The van der Waals surface area contributed by atoms with Crippen LogP contribution in [0.25, 0.3) is 11.3 Å². The van der Waals surface area contributed by atoms with Crippen molar-refractivity contribution in [3.8, 4) is 28.8 Å². The number of nitrogens with zero attached hydrogens (tertiary/aromatic N) is 5. The van der Waals surface area contributed by atoms with Crippen molar-refractivity contribution in [2.45, 2.75) is 45.6 Å². The van der Waals surface area contributed by atoms with Crippen LogP contribution >= 0.6 is 11.6 Å². The molecule has 0 saturated heterocycles. The second kappa shape index (κ2) is 14.2. The smallest absolute Gasteiger partial charge is 0.316 e. The molecule has 5 aromatic rings. The lowest BCUT2D eigenvalue weighted by Crippen LogP contribution is -2.36. The molecule has 11 heteroatoms. The van der Waals surface area contributed by atoms with Gasteiger partial charge in [0.05, 0.1) is 36.9 Å². The fourth-order valence-corrected chi connectivity index (χ4v) is 6.82. The number of carbonyl (C=O) groups excluding carboxylic acids is 2. The minimum absolute atomic E-state index is 0.0734. The molecule has 1 N–H and O–H groups in total. The Bertz CT molecular complexity index is 2040. The van der Waals surface area contributed by atoms with E-state index in [0.29, 0.717) is 77.2 Å². The minimum atomic E-state index is -0.335. The highest BCUT2D eigenvalue weighted by atomic mass is 35.5.